The minimum atomic E-state index is 0.671. The summed E-state index contributed by atoms with van der Waals surface area (Å²) in [5, 5.41) is 3.52. The van der Waals surface area contributed by atoms with Crippen LogP contribution in [0.25, 0.3) is 0 Å². The number of nitrogens with zero attached hydrogens (tertiary/aromatic N) is 3. The van der Waals surface area contributed by atoms with Crippen LogP contribution in [-0.2, 0) is 6.54 Å². The van der Waals surface area contributed by atoms with Crippen molar-refractivity contribution < 1.29 is 4.74 Å². The van der Waals surface area contributed by atoms with Crippen molar-refractivity contribution in [3.05, 3.63) is 29.8 Å². The maximum Gasteiger partial charge on any atom is 0.119 e. The van der Waals surface area contributed by atoms with Gasteiger partial charge in [-0.05, 0) is 37.1 Å². The third-order valence-corrected chi connectivity index (χ3v) is 6.58. The van der Waals surface area contributed by atoms with Gasteiger partial charge < -0.3 is 15.0 Å². The SMILES string of the molecule is CCN1CCN(Cc2cccc(OC[C@H]3CC[C@H]4CNCCN4C3)c2)CC1. The van der Waals surface area contributed by atoms with Crippen molar-refractivity contribution in [3.8, 4) is 5.75 Å². The summed E-state index contributed by atoms with van der Waals surface area (Å²) in [4.78, 5) is 7.76. The molecule has 1 N–H and O–H groups in total. The Morgan fingerprint density at radius 1 is 1.07 bits per heavy atom. The Kier molecular flexibility index (Phi) is 6.66. The number of fused-ring (bicyclic) bond motifs is 1. The quantitative estimate of drug-likeness (QED) is 0.824. The van der Waals surface area contributed by atoms with Crippen LogP contribution in [0.4, 0.5) is 0 Å². The van der Waals surface area contributed by atoms with Crippen molar-refractivity contribution >= 4 is 0 Å². The van der Waals surface area contributed by atoms with E-state index < -0.39 is 0 Å². The van der Waals surface area contributed by atoms with E-state index in [9.17, 15) is 0 Å². The van der Waals surface area contributed by atoms with Crippen molar-refractivity contribution in [2.24, 2.45) is 5.92 Å². The molecule has 5 heteroatoms. The number of likely N-dealkylation sites (N-methyl/N-ethyl adjacent to an activating group) is 1. The molecule has 0 aliphatic carbocycles. The summed E-state index contributed by atoms with van der Waals surface area (Å²) in [5.41, 5.74) is 1.38. The van der Waals surface area contributed by atoms with Crippen LogP contribution in [0, 0.1) is 5.92 Å². The van der Waals surface area contributed by atoms with E-state index in [2.05, 4.69) is 51.2 Å². The van der Waals surface area contributed by atoms with Crippen LogP contribution < -0.4 is 10.1 Å². The molecule has 0 spiro atoms. The minimum Gasteiger partial charge on any atom is -0.493 e. The van der Waals surface area contributed by atoms with E-state index >= 15 is 0 Å². The lowest BCUT2D eigenvalue weighted by Crippen LogP contribution is -2.55. The molecule has 5 nitrogen and oxygen atoms in total. The van der Waals surface area contributed by atoms with Crippen LogP contribution in [0.1, 0.15) is 25.3 Å². The average molecular weight is 373 g/mol. The zero-order valence-corrected chi connectivity index (χ0v) is 16.9. The molecule has 3 fully saturated rings. The molecule has 0 amide bonds. The van der Waals surface area contributed by atoms with Crippen LogP contribution in [-0.4, -0.2) is 86.3 Å². The van der Waals surface area contributed by atoms with Gasteiger partial charge in [0.2, 0.25) is 0 Å². The summed E-state index contributed by atoms with van der Waals surface area (Å²) < 4.78 is 6.22. The summed E-state index contributed by atoms with van der Waals surface area (Å²) in [6, 6.07) is 9.52. The standard InChI is InChI=1S/C22H36N4O/c1-2-24-10-12-25(13-11-24)16-19-4-3-5-22(14-19)27-18-20-6-7-21-15-23-8-9-26(21)17-20/h3-5,14,20-21,23H,2,6-13,15-18H2,1H3/t20-,21-/m0/s1. The Labute approximate surface area is 164 Å². The molecule has 27 heavy (non-hydrogen) atoms. The van der Waals surface area contributed by atoms with Gasteiger partial charge in [0.15, 0.2) is 0 Å². The van der Waals surface area contributed by atoms with E-state index in [-0.39, 0.29) is 0 Å². The Morgan fingerprint density at radius 2 is 1.93 bits per heavy atom. The highest BCUT2D eigenvalue weighted by Crippen LogP contribution is 2.24. The van der Waals surface area contributed by atoms with Crippen molar-refractivity contribution in [2.45, 2.75) is 32.4 Å². The molecule has 0 aromatic heterocycles. The lowest BCUT2D eigenvalue weighted by molar-refractivity contribution is 0.0649. The molecule has 1 aromatic carbocycles. The van der Waals surface area contributed by atoms with Gasteiger partial charge in [0, 0.05) is 70.9 Å². The first kappa shape index (κ1) is 19.2. The predicted octanol–water partition coefficient (Wildman–Crippen LogP) is 1.89. The third-order valence-electron chi connectivity index (χ3n) is 6.58. The largest absolute Gasteiger partial charge is 0.493 e. The zero-order valence-electron chi connectivity index (χ0n) is 16.9. The summed E-state index contributed by atoms with van der Waals surface area (Å²) in [7, 11) is 0. The molecule has 0 radical (unpaired) electrons. The lowest BCUT2D eigenvalue weighted by atomic mass is 9.92. The average Bonchev–Trinajstić information content (AvgIpc) is 2.73. The molecule has 3 aliphatic rings. The number of hydrogen-bond acceptors (Lipinski definition) is 5. The first-order valence-corrected chi connectivity index (χ1v) is 10.9. The van der Waals surface area contributed by atoms with Crippen LogP contribution in [0.15, 0.2) is 24.3 Å². The molecule has 1 aromatic rings. The van der Waals surface area contributed by atoms with Gasteiger partial charge in [0.25, 0.3) is 0 Å². The van der Waals surface area contributed by atoms with Crippen molar-refractivity contribution in [1.29, 1.82) is 0 Å². The molecular formula is C22H36N4O. The topological polar surface area (TPSA) is 31.0 Å². The molecule has 150 valence electrons. The maximum atomic E-state index is 6.22. The lowest BCUT2D eigenvalue weighted by Gasteiger charge is -2.42. The summed E-state index contributed by atoms with van der Waals surface area (Å²) >= 11 is 0. The molecule has 0 unspecified atom stereocenters. The second-order valence-corrected chi connectivity index (χ2v) is 8.47. The number of rotatable bonds is 6. The Hall–Kier alpha value is -1.14. The van der Waals surface area contributed by atoms with Crippen molar-refractivity contribution in [3.63, 3.8) is 0 Å². The van der Waals surface area contributed by atoms with E-state index in [0.29, 0.717) is 5.92 Å². The molecule has 0 saturated carbocycles. The highest BCUT2D eigenvalue weighted by molar-refractivity contribution is 5.28. The fourth-order valence-electron chi connectivity index (χ4n) is 4.78. The van der Waals surface area contributed by atoms with Crippen LogP contribution in [0.2, 0.25) is 0 Å². The Balaban J connectivity index is 1.24. The minimum absolute atomic E-state index is 0.671. The molecule has 3 aliphatic heterocycles. The van der Waals surface area contributed by atoms with E-state index in [4.69, 9.17) is 4.74 Å². The second-order valence-electron chi connectivity index (χ2n) is 8.47. The number of hydrogen-bond donors (Lipinski definition) is 1. The summed E-state index contributed by atoms with van der Waals surface area (Å²) in [6.07, 6.45) is 2.61. The highest BCUT2D eigenvalue weighted by Gasteiger charge is 2.30. The van der Waals surface area contributed by atoms with Crippen molar-refractivity contribution in [2.75, 3.05) is 65.5 Å². The van der Waals surface area contributed by atoms with Gasteiger partial charge in [-0.15, -0.1) is 0 Å². The van der Waals surface area contributed by atoms with E-state index in [1.807, 2.05) is 0 Å². The molecule has 2 atom stereocenters. The van der Waals surface area contributed by atoms with Gasteiger partial charge in [0.1, 0.15) is 5.75 Å². The van der Waals surface area contributed by atoms with Crippen LogP contribution in [0.3, 0.4) is 0 Å². The smallest absolute Gasteiger partial charge is 0.119 e. The predicted molar refractivity (Wildman–Crippen MR) is 110 cm³/mol. The van der Waals surface area contributed by atoms with Crippen LogP contribution >= 0.6 is 0 Å². The van der Waals surface area contributed by atoms with E-state index in [1.54, 1.807) is 0 Å². The Bertz CT molecular complexity index is 587. The second kappa shape index (κ2) is 9.37. The van der Waals surface area contributed by atoms with Gasteiger partial charge >= 0.3 is 0 Å². The third kappa shape index (κ3) is 5.23. The number of piperazine rings is 2. The normalized spacial score (nSPS) is 28.0. The summed E-state index contributed by atoms with van der Waals surface area (Å²) in [5.74, 6) is 1.72. The first-order valence-electron chi connectivity index (χ1n) is 10.9. The Morgan fingerprint density at radius 3 is 2.78 bits per heavy atom. The highest BCUT2D eigenvalue weighted by atomic mass is 16.5. The van der Waals surface area contributed by atoms with Gasteiger partial charge in [-0.2, -0.15) is 0 Å². The zero-order chi connectivity index (χ0) is 18.5. The van der Waals surface area contributed by atoms with Gasteiger partial charge in [-0.3, -0.25) is 9.80 Å². The van der Waals surface area contributed by atoms with Crippen LogP contribution in [0.5, 0.6) is 5.75 Å². The maximum absolute atomic E-state index is 6.22. The number of piperidine rings is 1. The molecule has 3 heterocycles. The number of nitrogens with one attached hydrogen (secondary N) is 1. The number of benzene rings is 1. The molecule has 0 bridgehead atoms. The fourth-order valence-corrected chi connectivity index (χ4v) is 4.78. The van der Waals surface area contributed by atoms with E-state index in [1.165, 1.54) is 70.8 Å². The molecular weight excluding hydrogens is 336 g/mol. The molecule has 3 saturated heterocycles. The van der Waals surface area contributed by atoms with Gasteiger partial charge in [-0.1, -0.05) is 19.1 Å². The van der Waals surface area contributed by atoms with Crippen molar-refractivity contribution in [1.82, 2.24) is 20.0 Å². The summed E-state index contributed by atoms with van der Waals surface area (Å²) in [6.45, 7) is 14.8. The molecule has 4 rings (SSSR count). The number of ether oxygens (including phenoxy) is 1. The van der Waals surface area contributed by atoms with E-state index in [0.717, 1.165) is 31.5 Å². The monoisotopic (exact) mass is 372 g/mol. The van der Waals surface area contributed by atoms with Gasteiger partial charge in [-0.25, -0.2) is 0 Å². The first-order chi connectivity index (χ1) is 13.3. The van der Waals surface area contributed by atoms with Gasteiger partial charge in [0.05, 0.1) is 6.61 Å². The fraction of sp³-hybridized carbons (Fsp3) is 0.727.